The summed E-state index contributed by atoms with van der Waals surface area (Å²) in [7, 11) is -0.352. The zero-order valence-electron chi connectivity index (χ0n) is 24.8. The Morgan fingerprint density at radius 2 is 1.65 bits per heavy atom. The number of nitrogens with zero attached hydrogens (tertiary/aromatic N) is 3. The van der Waals surface area contributed by atoms with Crippen molar-refractivity contribution < 1.29 is 28.8 Å². The van der Waals surface area contributed by atoms with Crippen LogP contribution < -0.4 is 5.48 Å². The first-order chi connectivity index (χ1) is 19.3. The molecule has 1 aromatic carbocycles. The van der Waals surface area contributed by atoms with Gasteiger partial charge < -0.3 is 14.7 Å². The Balaban J connectivity index is 0.000000772. The second-order valence-electron chi connectivity index (χ2n) is 9.99. The third-order valence-corrected chi connectivity index (χ3v) is 9.34. The van der Waals surface area contributed by atoms with Crippen LogP contribution in [0, 0.1) is 30.6 Å². The smallest absolute Gasteiger partial charge is 0.250 e. The van der Waals surface area contributed by atoms with Gasteiger partial charge in [-0.3, -0.25) is 14.8 Å². The fourth-order valence-electron chi connectivity index (χ4n) is 5.25. The highest BCUT2D eigenvalue weighted by atomic mass is 32.2. The minimum atomic E-state index is -1.35. The summed E-state index contributed by atoms with van der Waals surface area (Å²) in [6, 6.07) is 6.43. The number of piperidine rings is 2. The summed E-state index contributed by atoms with van der Waals surface area (Å²) >= 11 is 0. The molecule has 1 aromatic rings. The number of hydrogen-bond donors (Lipinski definition) is 3. The van der Waals surface area contributed by atoms with Crippen molar-refractivity contribution in [2.45, 2.75) is 72.1 Å². The molecule has 0 saturated carbocycles. The van der Waals surface area contributed by atoms with Crippen LogP contribution in [-0.2, 0) is 25.3 Å². The van der Waals surface area contributed by atoms with Gasteiger partial charge in [0.2, 0.25) is 6.41 Å². The average Bonchev–Trinajstić information content (AvgIpc) is 3.60. The van der Waals surface area contributed by atoms with Gasteiger partial charge in [-0.2, -0.15) is 5.26 Å². The van der Waals surface area contributed by atoms with Crippen molar-refractivity contribution in [3.63, 3.8) is 0 Å². The van der Waals surface area contributed by atoms with E-state index in [0.717, 1.165) is 56.3 Å². The maximum Gasteiger partial charge on any atom is 0.250 e. The number of amides is 2. The number of aryl methyl sites for hydroxylation is 2. The Kier molecular flexibility index (Phi) is 16.8. The summed E-state index contributed by atoms with van der Waals surface area (Å²) in [5.41, 5.74) is 4.74. The van der Waals surface area contributed by atoms with Gasteiger partial charge in [0.15, 0.2) is 0 Å². The molecule has 3 heterocycles. The number of benzene rings is 1. The number of hydrogen-bond acceptors (Lipinski definition) is 7. The number of rotatable bonds is 6. The van der Waals surface area contributed by atoms with E-state index in [2.05, 4.69) is 18.2 Å². The van der Waals surface area contributed by atoms with Gasteiger partial charge in [-0.05, 0) is 75.0 Å². The van der Waals surface area contributed by atoms with Crippen LogP contribution >= 0.6 is 0 Å². The number of carbonyl (C=O) groups is 2. The van der Waals surface area contributed by atoms with E-state index in [-0.39, 0.29) is 5.75 Å². The molecule has 0 aromatic heterocycles. The molecule has 0 aliphatic carbocycles. The van der Waals surface area contributed by atoms with Crippen LogP contribution in [0.15, 0.2) is 12.1 Å². The Morgan fingerprint density at radius 3 is 2.05 bits per heavy atom. The average molecular weight is 581 g/mol. The Hall–Kier alpha value is -2.36. The molecular formula is C29H48N4O6S. The summed E-state index contributed by atoms with van der Waals surface area (Å²) in [5, 5.41) is 25.5. The molecule has 3 saturated heterocycles. The first kappa shape index (κ1) is 35.7. The number of aliphatic hydroxyl groups excluding tert-OH is 1. The van der Waals surface area contributed by atoms with Gasteiger partial charge in [-0.25, -0.2) is 14.0 Å². The first-order valence-electron chi connectivity index (χ1n) is 14.1. The molecule has 0 radical (unpaired) electrons. The van der Waals surface area contributed by atoms with E-state index in [1.807, 2.05) is 32.0 Å². The van der Waals surface area contributed by atoms with Gasteiger partial charge in [0.25, 0.3) is 5.91 Å². The number of aliphatic hydroxyl groups is 1. The maximum atomic E-state index is 13.1. The van der Waals surface area contributed by atoms with Crippen LogP contribution in [0.2, 0.25) is 0 Å². The van der Waals surface area contributed by atoms with Crippen LogP contribution in [0.4, 0.5) is 0 Å². The molecule has 4 rings (SSSR count). The molecule has 226 valence electrons. The van der Waals surface area contributed by atoms with Crippen LogP contribution in [0.3, 0.4) is 0 Å². The monoisotopic (exact) mass is 580 g/mol. The summed E-state index contributed by atoms with van der Waals surface area (Å²) in [5.74, 6) is -0.0278. The molecule has 1 unspecified atom stereocenters. The highest BCUT2D eigenvalue weighted by Gasteiger charge is 2.44. The van der Waals surface area contributed by atoms with Crippen molar-refractivity contribution in [1.82, 2.24) is 14.7 Å². The lowest BCUT2D eigenvalue weighted by molar-refractivity contribution is -0.142. The van der Waals surface area contributed by atoms with Crippen molar-refractivity contribution in [3.05, 3.63) is 34.4 Å². The number of nitrogens with one attached hydrogen (secondary N) is 1. The van der Waals surface area contributed by atoms with Crippen molar-refractivity contribution >= 4 is 23.3 Å². The maximum absolute atomic E-state index is 13.1. The lowest BCUT2D eigenvalue weighted by Gasteiger charge is -2.40. The zero-order chi connectivity index (χ0) is 30.1. The first-order valence-corrected chi connectivity index (χ1v) is 15.4. The Bertz CT molecular complexity index is 949. The predicted molar refractivity (Wildman–Crippen MR) is 156 cm³/mol. The molecule has 0 spiro atoms. The van der Waals surface area contributed by atoms with E-state index < -0.39 is 22.3 Å². The molecule has 3 aliphatic heterocycles. The van der Waals surface area contributed by atoms with Gasteiger partial charge in [-0.15, -0.1) is 0 Å². The van der Waals surface area contributed by atoms with E-state index in [1.54, 1.807) is 10.4 Å². The number of hydroxylamine groups is 1. The fourth-order valence-corrected chi connectivity index (χ4v) is 6.95. The minimum Gasteiger partial charge on any atom is -0.400 e. The number of carbonyl (C=O) groups excluding carboxylic acids is 2. The lowest BCUT2D eigenvalue weighted by Crippen LogP contribution is -2.52. The van der Waals surface area contributed by atoms with Crippen molar-refractivity contribution in [1.29, 1.82) is 5.26 Å². The highest BCUT2D eigenvalue weighted by Crippen LogP contribution is 2.35. The van der Waals surface area contributed by atoms with Gasteiger partial charge in [0.05, 0.1) is 33.8 Å². The fraction of sp³-hybridized carbons (Fsp3) is 0.690. The van der Waals surface area contributed by atoms with E-state index >= 15 is 0 Å². The van der Waals surface area contributed by atoms with Gasteiger partial charge >= 0.3 is 0 Å². The van der Waals surface area contributed by atoms with Crippen LogP contribution in [0.5, 0.6) is 0 Å². The third kappa shape index (κ3) is 9.93. The molecule has 10 nitrogen and oxygen atoms in total. The Morgan fingerprint density at radius 1 is 1.12 bits per heavy atom. The Labute approximate surface area is 242 Å². The highest BCUT2D eigenvalue weighted by molar-refractivity contribution is 7.82. The largest absolute Gasteiger partial charge is 0.400 e. The molecule has 0 bridgehead atoms. The van der Waals surface area contributed by atoms with Crippen molar-refractivity contribution in [3.8, 4) is 6.07 Å². The molecule has 2 amide bonds. The van der Waals surface area contributed by atoms with Crippen LogP contribution in [0.25, 0.3) is 0 Å². The summed E-state index contributed by atoms with van der Waals surface area (Å²) < 4.78 is 20.0. The molecule has 3 aliphatic rings. The molecule has 3 N–H and O–H groups in total. The summed E-state index contributed by atoms with van der Waals surface area (Å²) in [6.07, 6.45) is 5.78. The normalized spacial score (nSPS) is 19.3. The van der Waals surface area contributed by atoms with E-state index in [0.29, 0.717) is 44.9 Å². The van der Waals surface area contributed by atoms with Crippen LogP contribution in [0.1, 0.15) is 80.5 Å². The third-order valence-electron chi connectivity index (χ3n) is 7.59. The second kappa shape index (κ2) is 18.9. The molecule has 1 atom stereocenters. The summed E-state index contributed by atoms with van der Waals surface area (Å²) in [6.45, 7) is 12.1. The van der Waals surface area contributed by atoms with Crippen molar-refractivity contribution in [2.75, 3.05) is 52.3 Å². The van der Waals surface area contributed by atoms with Crippen LogP contribution in [-0.4, -0.2) is 88.3 Å². The number of likely N-dealkylation sites (tertiary alicyclic amines) is 1. The van der Waals surface area contributed by atoms with Crippen molar-refractivity contribution in [2.24, 2.45) is 5.41 Å². The number of nitriles is 1. The van der Waals surface area contributed by atoms with E-state index in [4.69, 9.17) is 9.84 Å². The van der Waals surface area contributed by atoms with Gasteiger partial charge in [-0.1, -0.05) is 26.0 Å². The minimum absolute atomic E-state index is 0.145. The predicted octanol–water partition coefficient (Wildman–Crippen LogP) is 3.19. The quantitative estimate of drug-likeness (QED) is 0.266. The summed E-state index contributed by atoms with van der Waals surface area (Å²) in [4.78, 5) is 25.0. The van der Waals surface area contributed by atoms with E-state index in [1.165, 1.54) is 18.4 Å². The van der Waals surface area contributed by atoms with Gasteiger partial charge in [0, 0.05) is 46.5 Å². The zero-order valence-corrected chi connectivity index (χ0v) is 25.6. The molecule has 3 fully saturated rings. The molecule has 11 heteroatoms. The standard InChI is InChI=1S/C22H30N4O4S.C4H8O.C2H6.CH4O/c1-16-11-19(12-17(2)20(16)13-23)18-3-7-26(8-4-18)31(30)14-22(21(28)24-29)5-9-25(15-27)10-6-22;1-2-4-5-3-1;2*1-2/h11-12,15,18,29H,3-10,14H2,1-2H3,(H,24,28);1-4H2;1-2H3;2H,1H3. The second-order valence-corrected chi connectivity index (χ2v) is 11.4. The van der Waals surface area contributed by atoms with E-state index in [9.17, 15) is 24.3 Å². The molecular weight excluding hydrogens is 532 g/mol. The topological polar surface area (TPSA) is 143 Å². The number of ether oxygens (including phenoxy) is 1. The molecule has 40 heavy (non-hydrogen) atoms. The van der Waals surface area contributed by atoms with Gasteiger partial charge in [0.1, 0.15) is 0 Å². The lowest BCUT2D eigenvalue weighted by atomic mass is 9.79. The SMILES string of the molecule is C1CCOC1.CC.CO.Cc1cc(C2CCN(S(=O)CC3(C(=O)NO)CCN(C=O)CC3)CC2)cc(C)c1C#N.